The lowest BCUT2D eigenvalue weighted by Crippen LogP contribution is -2.03. The average molecular weight is 304 g/mol. The zero-order chi connectivity index (χ0) is 15.1. The summed E-state index contributed by atoms with van der Waals surface area (Å²) >= 11 is 0. The summed E-state index contributed by atoms with van der Waals surface area (Å²) in [6, 6.07) is 13.2. The molecule has 5 heteroatoms. The van der Waals surface area contributed by atoms with E-state index in [2.05, 4.69) is 13.2 Å². The molecule has 2 aromatic carbocycles. The second kappa shape index (κ2) is 7.23. The van der Waals surface area contributed by atoms with Crippen LogP contribution < -0.4 is 4.52 Å². The maximum absolute atomic E-state index is 12.5. The summed E-state index contributed by atoms with van der Waals surface area (Å²) in [4.78, 5) is 0. The molecule has 4 nitrogen and oxygen atoms in total. The van der Waals surface area contributed by atoms with Gasteiger partial charge in [0, 0.05) is 0 Å². The van der Waals surface area contributed by atoms with Crippen molar-refractivity contribution in [2.45, 2.75) is 0 Å². The maximum Gasteiger partial charge on any atom is 0.530 e. The molecular weight excluding hydrogens is 287 g/mol. The highest BCUT2D eigenvalue weighted by Gasteiger charge is 2.27. The second-order valence-corrected chi connectivity index (χ2v) is 5.81. The van der Waals surface area contributed by atoms with Gasteiger partial charge in [0.15, 0.2) is 0 Å². The van der Waals surface area contributed by atoms with Crippen LogP contribution in [0.15, 0.2) is 67.8 Å². The van der Waals surface area contributed by atoms with Crippen molar-refractivity contribution >= 4 is 18.6 Å². The average Bonchev–Trinajstić information content (AvgIpc) is 2.51. The molecule has 0 aromatic heterocycles. The number of benzene rings is 2. The van der Waals surface area contributed by atoms with Crippen LogP contribution >= 0.6 is 7.82 Å². The van der Waals surface area contributed by atoms with Gasteiger partial charge in [-0.25, -0.2) is 4.57 Å². The van der Waals surface area contributed by atoms with Crippen LogP contribution in [0.5, 0.6) is 5.75 Å². The minimum atomic E-state index is -3.69. The molecule has 2 aromatic rings. The first-order chi connectivity index (χ1) is 10.2. The first-order valence-electron chi connectivity index (χ1n) is 6.46. The van der Waals surface area contributed by atoms with Gasteiger partial charge in [-0.05, 0) is 22.9 Å². The Bertz CT molecular complexity index is 665. The predicted molar refractivity (Wildman–Crippen MR) is 84.5 cm³/mol. The molecule has 0 aliphatic rings. The minimum absolute atomic E-state index is 0.0714. The van der Waals surface area contributed by atoms with Crippen molar-refractivity contribution < 1.29 is 18.1 Å². The first kappa shape index (κ1) is 15.5. The number of phosphoric ester groups is 1. The van der Waals surface area contributed by atoms with Crippen LogP contribution in [0, 0.1) is 0 Å². The van der Waals surface area contributed by atoms with Crippen molar-refractivity contribution in [2.75, 3.05) is 13.2 Å². The number of hydrogen-bond donors (Lipinski definition) is 0. The third-order valence-corrected chi connectivity index (χ3v) is 4.00. The molecule has 0 heterocycles. The Balaban J connectivity index is 2.22. The van der Waals surface area contributed by atoms with Gasteiger partial charge in [-0.2, -0.15) is 0 Å². The molecule has 0 unspecified atom stereocenters. The number of hydrogen-bond acceptors (Lipinski definition) is 4. The number of rotatable bonds is 8. The van der Waals surface area contributed by atoms with Gasteiger partial charge in [0.05, 0.1) is 13.2 Å². The molecule has 0 amide bonds. The molecule has 0 saturated heterocycles. The molecule has 21 heavy (non-hydrogen) atoms. The van der Waals surface area contributed by atoms with Gasteiger partial charge >= 0.3 is 7.82 Å². The SMILES string of the molecule is C=CCOP(=O)(OCC=C)Oc1ccc2ccccc2c1. The van der Waals surface area contributed by atoms with E-state index in [4.69, 9.17) is 13.6 Å². The normalized spacial score (nSPS) is 11.2. The van der Waals surface area contributed by atoms with Crippen molar-refractivity contribution in [3.63, 3.8) is 0 Å². The second-order valence-electron chi connectivity index (χ2n) is 4.22. The lowest BCUT2D eigenvalue weighted by atomic mass is 10.1. The van der Waals surface area contributed by atoms with E-state index in [0.717, 1.165) is 10.8 Å². The van der Waals surface area contributed by atoms with E-state index in [9.17, 15) is 4.57 Å². The molecule has 0 aliphatic carbocycles. The highest BCUT2D eigenvalue weighted by molar-refractivity contribution is 7.48. The summed E-state index contributed by atoms with van der Waals surface area (Å²) in [6.45, 7) is 7.17. The van der Waals surface area contributed by atoms with Crippen molar-refractivity contribution in [1.82, 2.24) is 0 Å². The van der Waals surface area contributed by atoms with Gasteiger partial charge in [-0.15, -0.1) is 13.2 Å². The van der Waals surface area contributed by atoms with E-state index in [1.807, 2.05) is 30.3 Å². The predicted octanol–water partition coefficient (Wildman–Crippen LogP) is 4.73. The highest BCUT2D eigenvalue weighted by Crippen LogP contribution is 2.49. The lowest BCUT2D eigenvalue weighted by Gasteiger charge is -2.17. The van der Waals surface area contributed by atoms with Gasteiger partial charge in [-0.1, -0.05) is 42.5 Å². The van der Waals surface area contributed by atoms with Crippen LogP contribution in [0.3, 0.4) is 0 Å². The Morgan fingerprint density at radius 1 is 0.952 bits per heavy atom. The topological polar surface area (TPSA) is 44.8 Å². The minimum Gasteiger partial charge on any atom is -0.404 e. The monoisotopic (exact) mass is 304 g/mol. The third-order valence-electron chi connectivity index (χ3n) is 2.64. The quantitative estimate of drug-likeness (QED) is 0.522. The Kier molecular flexibility index (Phi) is 5.34. The Hall–Kier alpha value is -1.87. The van der Waals surface area contributed by atoms with Gasteiger partial charge in [0.25, 0.3) is 0 Å². The van der Waals surface area contributed by atoms with Crippen LogP contribution in [0.25, 0.3) is 10.8 Å². The summed E-state index contributed by atoms with van der Waals surface area (Å²) in [5.74, 6) is 0.421. The number of phosphoric acid groups is 1. The van der Waals surface area contributed by atoms with Crippen LogP contribution in [0.2, 0.25) is 0 Å². The molecule has 0 atom stereocenters. The van der Waals surface area contributed by atoms with Gasteiger partial charge in [-0.3, -0.25) is 9.05 Å². The largest absolute Gasteiger partial charge is 0.530 e. The van der Waals surface area contributed by atoms with E-state index >= 15 is 0 Å². The first-order valence-corrected chi connectivity index (χ1v) is 7.92. The standard InChI is InChI=1S/C16H17O4P/c1-3-11-18-21(17,19-12-4-2)20-16-10-9-14-7-5-6-8-15(14)13-16/h3-10,13H,1-2,11-12H2. The molecule has 0 N–H and O–H groups in total. The molecule has 0 saturated carbocycles. The zero-order valence-electron chi connectivity index (χ0n) is 11.6. The molecule has 0 bridgehead atoms. The molecular formula is C16H17O4P. The van der Waals surface area contributed by atoms with E-state index in [1.54, 1.807) is 12.1 Å². The third kappa shape index (κ3) is 4.30. The van der Waals surface area contributed by atoms with Crippen LogP contribution in [-0.2, 0) is 13.6 Å². The van der Waals surface area contributed by atoms with Gasteiger partial charge in [0.1, 0.15) is 5.75 Å². The van der Waals surface area contributed by atoms with Crippen LogP contribution in [-0.4, -0.2) is 13.2 Å². The Labute approximate surface area is 124 Å². The fraction of sp³-hybridized carbons (Fsp3) is 0.125. The van der Waals surface area contributed by atoms with E-state index in [-0.39, 0.29) is 13.2 Å². The molecule has 0 aliphatic heterocycles. The lowest BCUT2D eigenvalue weighted by molar-refractivity contribution is 0.181. The highest BCUT2D eigenvalue weighted by atomic mass is 31.2. The van der Waals surface area contributed by atoms with Gasteiger partial charge < -0.3 is 4.52 Å². The molecule has 0 fully saturated rings. The Morgan fingerprint density at radius 2 is 1.57 bits per heavy atom. The van der Waals surface area contributed by atoms with E-state index < -0.39 is 7.82 Å². The van der Waals surface area contributed by atoms with Crippen molar-refractivity contribution in [3.05, 3.63) is 67.8 Å². The molecule has 0 radical (unpaired) electrons. The van der Waals surface area contributed by atoms with Crippen molar-refractivity contribution in [3.8, 4) is 5.75 Å². The smallest absolute Gasteiger partial charge is 0.404 e. The summed E-state index contributed by atoms with van der Waals surface area (Å²) in [7, 11) is -3.69. The summed E-state index contributed by atoms with van der Waals surface area (Å²) in [6.07, 6.45) is 2.96. The fourth-order valence-corrected chi connectivity index (χ4v) is 2.86. The van der Waals surface area contributed by atoms with Crippen molar-refractivity contribution in [2.24, 2.45) is 0 Å². The van der Waals surface area contributed by atoms with E-state index in [1.165, 1.54) is 12.2 Å². The van der Waals surface area contributed by atoms with Crippen molar-refractivity contribution in [1.29, 1.82) is 0 Å². The molecule has 2 rings (SSSR count). The molecule has 0 spiro atoms. The van der Waals surface area contributed by atoms with Gasteiger partial charge in [0.2, 0.25) is 0 Å². The summed E-state index contributed by atoms with van der Waals surface area (Å²) in [5.41, 5.74) is 0. The Morgan fingerprint density at radius 3 is 2.19 bits per heavy atom. The maximum atomic E-state index is 12.5. The van der Waals surface area contributed by atoms with Crippen LogP contribution in [0.4, 0.5) is 0 Å². The van der Waals surface area contributed by atoms with E-state index in [0.29, 0.717) is 5.75 Å². The fourth-order valence-electron chi connectivity index (χ4n) is 1.73. The zero-order valence-corrected chi connectivity index (χ0v) is 12.5. The molecule has 110 valence electrons. The summed E-state index contributed by atoms with van der Waals surface area (Å²) in [5, 5.41) is 2.05. The summed E-state index contributed by atoms with van der Waals surface area (Å²) < 4.78 is 28.2. The number of fused-ring (bicyclic) bond motifs is 1. The van der Waals surface area contributed by atoms with Crippen LogP contribution in [0.1, 0.15) is 0 Å².